The van der Waals surface area contributed by atoms with Crippen LogP contribution in [0.4, 0.5) is 0 Å². The van der Waals surface area contributed by atoms with E-state index in [0.29, 0.717) is 35.0 Å². The van der Waals surface area contributed by atoms with Gasteiger partial charge in [0.1, 0.15) is 11.9 Å². The van der Waals surface area contributed by atoms with Crippen LogP contribution in [-0.2, 0) is 13.6 Å². The van der Waals surface area contributed by atoms with Crippen LogP contribution in [0.3, 0.4) is 0 Å². The van der Waals surface area contributed by atoms with Crippen molar-refractivity contribution in [2.24, 2.45) is 13.0 Å². The standard InChI is InChI=1S/C26H32N6O3/c1-16(2)10-12-32-21-23(30(4)26(35)28-25(21)34)27-24(32)20(22(33)17-8-6-5-7-9-17)31-13-11-18-14-29(3)15-19(18)31/h5-10,18-20H,11-15H2,1-4H3,(H,28,34,35). The summed E-state index contributed by atoms with van der Waals surface area (Å²) in [7, 11) is 3.71. The predicted molar refractivity (Wildman–Crippen MR) is 135 cm³/mol. The highest BCUT2D eigenvalue weighted by Gasteiger charge is 2.46. The number of aryl methyl sites for hydroxylation is 1. The Kier molecular flexibility index (Phi) is 6.06. The summed E-state index contributed by atoms with van der Waals surface area (Å²) >= 11 is 0. The number of benzene rings is 1. The van der Waals surface area contributed by atoms with Crippen molar-refractivity contribution in [1.82, 2.24) is 28.9 Å². The second kappa shape index (κ2) is 9.05. The molecule has 3 aromatic rings. The quantitative estimate of drug-likeness (QED) is 0.432. The molecule has 0 radical (unpaired) electrons. The third-order valence-electron chi connectivity index (χ3n) is 7.37. The molecule has 0 aliphatic carbocycles. The van der Waals surface area contributed by atoms with Crippen molar-refractivity contribution >= 4 is 16.9 Å². The number of Topliss-reactive ketones (excluding diaryl/α,β-unsaturated/α-hetero) is 1. The van der Waals surface area contributed by atoms with Gasteiger partial charge in [0, 0.05) is 44.8 Å². The van der Waals surface area contributed by atoms with E-state index in [1.165, 1.54) is 4.57 Å². The molecule has 5 rings (SSSR count). The lowest BCUT2D eigenvalue weighted by molar-refractivity contribution is 0.0770. The maximum Gasteiger partial charge on any atom is 0.329 e. The highest BCUT2D eigenvalue weighted by atomic mass is 16.2. The number of ketones is 1. The van der Waals surface area contributed by atoms with Gasteiger partial charge in [0.05, 0.1) is 0 Å². The SMILES string of the molecule is CC(C)=CCn1c(C(C(=O)c2ccccc2)N2CCC3CN(C)CC32)nc2c1c(=O)[nH]c(=O)n2C. The fourth-order valence-electron chi connectivity index (χ4n) is 5.62. The van der Waals surface area contributed by atoms with Crippen LogP contribution in [-0.4, -0.2) is 67.4 Å². The van der Waals surface area contributed by atoms with E-state index in [9.17, 15) is 14.4 Å². The van der Waals surface area contributed by atoms with Gasteiger partial charge >= 0.3 is 5.69 Å². The lowest BCUT2D eigenvalue weighted by atomic mass is 9.99. The number of hydrogen-bond acceptors (Lipinski definition) is 6. The van der Waals surface area contributed by atoms with E-state index in [1.54, 1.807) is 7.05 Å². The van der Waals surface area contributed by atoms with Crippen LogP contribution < -0.4 is 11.2 Å². The Morgan fingerprint density at radius 1 is 1.17 bits per heavy atom. The van der Waals surface area contributed by atoms with E-state index in [2.05, 4.69) is 21.8 Å². The lowest BCUT2D eigenvalue weighted by Crippen LogP contribution is -2.42. The molecule has 184 valence electrons. The Balaban J connectivity index is 1.75. The van der Waals surface area contributed by atoms with E-state index >= 15 is 0 Å². The number of nitrogens with one attached hydrogen (secondary N) is 1. The average Bonchev–Trinajstić information content (AvgIpc) is 3.50. The number of aromatic amines is 1. The number of aromatic nitrogens is 4. The Bertz CT molecular complexity index is 1410. The maximum absolute atomic E-state index is 14.1. The number of carbonyl (C=O) groups excluding carboxylic acids is 1. The molecule has 0 saturated carbocycles. The van der Waals surface area contributed by atoms with Crippen molar-refractivity contribution < 1.29 is 4.79 Å². The molecule has 0 amide bonds. The zero-order valence-corrected chi connectivity index (χ0v) is 20.7. The summed E-state index contributed by atoms with van der Waals surface area (Å²) in [5.74, 6) is 0.957. The first-order valence-electron chi connectivity index (χ1n) is 12.1. The fraction of sp³-hybridized carbons (Fsp3) is 0.462. The fourth-order valence-corrected chi connectivity index (χ4v) is 5.62. The summed E-state index contributed by atoms with van der Waals surface area (Å²) in [5, 5.41) is 0. The Hall–Kier alpha value is -3.30. The highest BCUT2D eigenvalue weighted by molar-refractivity contribution is 6.00. The Morgan fingerprint density at radius 3 is 2.63 bits per heavy atom. The van der Waals surface area contributed by atoms with Crippen LogP contribution in [0.1, 0.15) is 42.5 Å². The van der Waals surface area contributed by atoms with Gasteiger partial charge < -0.3 is 9.47 Å². The molecule has 2 saturated heterocycles. The Labute approximate surface area is 203 Å². The predicted octanol–water partition coefficient (Wildman–Crippen LogP) is 1.95. The molecule has 2 aliphatic rings. The molecule has 9 nitrogen and oxygen atoms in total. The van der Waals surface area contributed by atoms with E-state index in [4.69, 9.17) is 4.98 Å². The van der Waals surface area contributed by atoms with Gasteiger partial charge in [-0.2, -0.15) is 0 Å². The number of hydrogen-bond donors (Lipinski definition) is 1. The number of H-pyrrole nitrogens is 1. The summed E-state index contributed by atoms with van der Waals surface area (Å²) in [4.78, 5) is 51.3. The zero-order chi connectivity index (χ0) is 24.9. The molecule has 9 heteroatoms. The summed E-state index contributed by atoms with van der Waals surface area (Å²) < 4.78 is 3.16. The molecule has 35 heavy (non-hydrogen) atoms. The second-order valence-corrected chi connectivity index (χ2v) is 10.1. The van der Waals surface area contributed by atoms with Crippen LogP contribution in [0.15, 0.2) is 51.6 Å². The van der Waals surface area contributed by atoms with Gasteiger partial charge in [-0.1, -0.05) is 42.0 Å². The molecule has 2 aromatic heterocycles. The van der Waals surface area contributed by atoms with Crippen LogP contribution in [0.5, 0.6) is 0 Å². The number of imidazole rings is 1. The number of carbonyl (C=O) groups is 1. The van der Waals surface area contributed by atoms with Crippen LogP contribution in [0.2, 0.25) is 0 Å². The summed E-state index contributed by atoms with van der Waals surface area (Å²) in [5.41, 5.74) is 1.28. The highest BCUT2D eigenvalue weighted by Crippen LogP contribution is 2.38. The molecule has 3 atom stereocenters. The molecule has 2 fully saturated rings. The normalized spacial score (nSPS) is 21.4. The molecule has 4 heterocycles. The molecular formula is C26H32N6O3. The van der Waals surface area contributed by atoms with Crippen molar-refractivity contribution in [3.8, 4) is 0 Å². The first kappa shape index (κ1) is 23.4. The molecule has 1 aromatic carbocycles. The smallest absolute Gasteiger partial charge is 0.316 e. The molecule has 0 bridgehead atoms. The first-order chi connectivity index (χ1) is 16.8. The van der Waals surface area contributed by atoms with Crippen molar-refractivity contribution in [3.63, 3.8) is 0 Å². The number of rotatable bonds is 6. The average molecular weight is 477 g/mol. The number of likely N-dealkylation sites (tertiary alicyclic amines) is 2. The van der Waals surface area contributed by atoms with Crippen LogP contribution in [0.25, 0.3) is 11.2 Å². The molecule has 1 N–H and O–H groups in total. The molecule has 2 aliphatic heterocycles. The van der Waals surface area contributed by atoms with Crippen molar-refractivity contribution in [3.05, 3.63) is 74.2 Å². The van der Waals surface area contributed by atoms with Crippen molar-refractivity contribution in [2.45, 2.75) is 38.9 Å². The third-order valence-corrected chi connectivity index (χ3v) is 7.37. The van der Waals surface area contributed by atoms with E-state index in [-0.39, 0.29) is 11.8 Å². The van der Waals surface area contributed by atoms with Gasteiger partial charge in [0.15, 0.2) is 16.9 Å². The molecule has 0 spiro atoms. The summed E-state index contributed by atoms with van der Waals surface area (Å²) in [6.45, 7) is 7.05. The minimum Gasteiger partial charge on any atom is -0.316 e. The third kappa shape index (κ3) is 4.08. The van der Waals surface area contributed by atoms with Gasteiger partial charge in [-0.05, 0) is 33.2 Å². The largest absolute Gasteiger partial charge is 0.329 e. The second-order valence-electron chi connectivity index (χ2n) is 10.1. The molecule has 3 unspecified atom stereocenters. The van der Waals surface area contributed by atoms with E-state index < -0.39 is 17.3 Å². The van der Waals surface area contributed by atoms with Gasteiger partial charge in [0.25, 0.3) is 5.56 Å². The first-order valence-corrected chi connectivity index (χ1v) is 12.1. The number of allylic oxidation sites excluding steroid dienone is 2. The Morgan fingerprint density at radius 2 is 1.91 bits per heavy atom. The number of fused-ring (bicyclic) bond motifs is 2. The van der Waals surface area contributed by atoms with Crippen LogP contribution >= 0.6 is 0 Å². The van der Waals surface area contributed by atoms with Gasteiger partial charge in [-0.15, -0.1) is 0 Å². The minimum atomic E-state index is -0.661. The van der Waals surface area contributed by atoms with Gasteiger partial charge in [-0.3, -0.25) is 24.0 Å². The zero-order valence-electron chi connectivity index (χ0n) is 20.7. The lowest BCUT2D eigenvalue weighted by Gasteiger charge is -2.32. The van der Waals surface area contributed by atoms with Gasteiger partial charge in [-0.25, -0.2) is 9.78 Å². The van der Waals surface area contributed by atoms with E-state index in [1.807, 2.05) is 54.8 Å². The molecular weight excluding hydrogens is 444 g/mol. The maximum atomic E-state index is 14.1. The van der Waals surface area contributed by atoms with Crippen molar-refractivity contribution in [1.29, 1.82) is 0 Å². The van der Waals surface area contributed by atoms with E-state index in [0.717, 1.165) is 31.6 Å². The topological polar surface area (TPSA) is 96.2 Å². The number of likely N-dealkylation sites (N-methyl/N-ethyl adjacent to an activating group) is 1. The van der Waals surface area contributed by atoms with Gasteiger partial charge in [0.2, 0.25) is 0 Å². The minimum absolute atomic E-state index is 0.0454. The van der Waals surface area contributed by atoms with Crippen molar-refractivity contribution in [2.75, 3.05) is 26.7 Å². The summed E-state index contributed by atoms with van der Waals surface area (Å²) in [6, 6.07) is 8.85. The number of nitrogens with zero attached hydrogens (tertiary/aromatic N) is 5. The monoisotopic (exact) mass is 476 g/mol. The summed E-state index contributed by atoms with van der Waals surface area (Å²) in [6.07, 6.45) is 3.02. The van der Waals surface area contributed by atoms with Crippen LogP contribution in [0, 0.1) is 5.92 Å².